The van der Waals surface area contributed by atoms with Crippen LogP contribution in [0.25, 0.3) is 11.0 Å². The Morgan fingerprint density at radius 2 is 2.22 bits per heavy atom. The quantitative estimate of drug-likeness (QED) is 0.660. The van der Waals surface area contributed by atoms with E-state index in [1.165, 1.54) is 0 Å². The Bertz CT molecular complexity index is 588. The molecule has 1 aromatic carbocycles. The zero-order chi connectivity index (χ0) is 13.1. The fourth-order valence-electron chi connectivity index (χ4n) is 1.82. The van der Waals surface area contributed by atoms with E-state index >= 15 is 0 Å². The van der Waals surface area contributed by atoms with E-state index in [4.69, 9.17) is 17.0 Å². The van der Waals surface area contributed by atoms with Crippen LogP contribution >= 0.6 is 28.1 Å². The summed E-state index contributed by atoms with van der Waals surface area (Å²) in [4.78, 5) is 3.21. The van der Waals surface area contributed by atoms with Crippen LogP contribution in [0.15, 0.2) is 22.7 Å². The second-order valence-electron chi connectivity index (χ2n) is 4.71. The molecule has 5 heteroatoms. The standard InChI is InChI=1S/C13H17BrN2OS/c1-9(2)8-17-6-5-16-12-7-10(14)3-4-11(12)15-13(16)18/h3-4,7,9H,5-6,8H2,1-2H3,(H,15,18). The minimum absolute atomic E-state index is 0.565. The Morgan fingerprint density at radius 1 is 1.44 bits per heavy atom. The van der Waals surface area contributed by atoms with Gasteiger partial charge in [0.25, 0.3) is 0 Å². The summed E-state index contributed by atoms with van der Waals surface area (Å²) < 4.78 is 9.49. The predicted octanol–water partition coefficient (Wildman–Crippen LogP) is 4.13. The van der Waals surface area contributed by atoms with Gasteiger partial charge in [-0.1, -0.05) is 29.8 Å². The summed E-state index contributed by atoms with van der Waals surface area (Å²) in [6, 6.07) is 6.11. The Morgan fingerprint density at radius 3 is 2.94 bits per heavy atom. The Labute approximate surface area is 120 Å². The second kappa shape index (κ2) is 5.99. The molecule has 98 valence electrons. The van der Waals surface area contributed by atoms with Gasteiger partial charge < -0.3 is 14.3 Å². The third-order valence-corrected chi connectivity index (χ3v) is 3.46. The first kappa shape index (κ1) is 13.8. The minimum atomic E-state index is 0.565. The first-order chi connectivity index (χ1) is 8.58. The van der Waals surface area contributed by atoms with Crippen LogP contribution in [0.1, 0.15) is 13.8 Å². The van der Waals surface area contributed by atoms with Crippen molar-refractivity contribution in [1.29, 1.82) is 0 Å². The molecule has 0 aliphatic heterocycles. The lowest BCUT2D eigenvalue weighted by Crippen LogP contribution is -2.09. The molecule has 0 unspecified atom stereocenters. The lowest BCUT2D eigenvalue weighted by molar-refractivity contribution is 0.103. The highest BCUT2D eigenvalue weighted by atomic mass is 79.9. The first-order valence-corrected chi connectivity index (χ1v) is 7.24. The maximum Gasteiger partial charge on any atom is 0.178 e. The Kier molecular flexibility index (Phi) is 4.59. The molecule has 3 nitrogen and oxygen atoms in total. The smallest absolute Gasteiger partial charge is 0.178 e. The maximum atomic E-state index is 5.61. The summed E-state index contributed by atoms with van der Waals surface area (Å²) in [5.74, 6) is 0.565. The molecular weight excluding hydrogens is 312 g/mol. The monoisotopic (exact) mass is 328 g/mol. The average Bonchev–Trinajstić information content (AvgIpc) is 2.60. The van der Waals surface area contributed by atoms with E-state index < -0.39 is 0 Å². The lowest BCUT2D eigenvalue weighted by atomic mass is 10.2. The van der Waals surface area contributed by atoms with Gasteiger partial charge in [-0.05, 0) is 36.3 Å². The van der Waals surface area contributed by atoms with Gasteiger partial charge in [-0.15, -0.1) is 0 Å². The molecule has 0 saturated heterocycles. The van der Waals surface area contributed by atoms with Crippen molar-refractivity contribution >= 4 is 39.2 Å². The molecule has 0 aliphatic rings. The molecule has 2 rings (SSSR count). The largest absolute Gasteiger partial charge is 0.379 e. The molecule has 0 spiro atoms. The van der Waals surface area contributed by atoms with Crippen molar-refractivity contribution in [3.05, 3.63) is 27.4 Å². The minimum Gasteiger partial charge on any atom is -0.379 e. The number of nitrogens with one attached hydrogen (secondary N) is 1. The van der Waals surface area contributed by atoms with Crippen molar-refractivity contribution in [2.75, 3.05) is 13.2 Å². The van der Waals surface area contributed by atoms with Crippen molar-refractivity contribution < 1.29 is 4.74 Å². The number of aromatic nitrogens is 2. The Balaban J connectivity index is 2.14. The molecule has 0 atom stereocenters. The summed E-state index contributed by atoms with van der Waals surface area (Å²) in [5, 5.41) is 0. The zero-order valence-corrected chi connectivity index (χ0v) is 13.0. The van der Waals surface area contributed by atoms with Crippen LogP contribution in [0, 0.1) is 10.7 Å². The molecule has 0 aliphatic carbocycles. The number of nitrogens with zero attached hydrogens (tertiary/aromatic N) is 1. The highest BCUT2D eigenvalue weighted by Crippen LogP contribution is 2.19. The number of hydrogen-bond acceptors (Lipinski definition) is 2. The zero-order valence-electron chi connectivity index (χ0n) is 10.6. The van der Waals surface area contributed by atoms with Crippen molar-refractivity contribution in [2.24, 2.45) is 5.92 Å². The lowest BCUT2D eigenvalue weighted by Gasteiger charge is -2.08. The normalized spacial score (nSPS) is 11.6. The number of benzene rings is 1. The SMILES string of the molecule is CC(C)COCCn1c(=S)[nH]c2ccc(Br)cc21. The highest BCUT2D eigenvalue weighted by Gasteiger charge is 2.04. The van der Waals surface area contributed by atoms with Crippen LogP contribution in [-0.2, 0) is 11.3 Å². The molecular formula is C13H17BrN2OS. The van der Waals surface area contributed by atoms with Gasteiger partial charge in [0.2, 0.25) is 0 Å². The summed E-state index contributed by atoms with van der Waals surface area (Å²) >= 11 is 8.82. The van der Waals surface area contributed by atoms with Gasteiger partial charge >= 0.3 is 0 Å². The molecule has 1 aromatic heterocycles. The molecule has 0 amide bonds. The van der Waals surface area contributed by atoms with Crippen LogP contribution in [0.3, 0.4) is 0 Å². The third-order valence-electron chi connectivity index (χ3n) is 2.65. The molecule has 18 heavy (non-hydrogen) atoms. The molecule has 0 bridgehead atoms. The van der Waals surface area contributed by atoms with Crippen molar-refractivity contribution in [3.63, 3.8) is 0 Å². The molecule has 0 saturated carbocycles. The van der Waals surface area contributed by atoms with Crippen molar-refractivity contribution in [2.45, 2.75) is 20.4 Å². The first-order valence-electron chi connectivity index (χ1n) is 6.03. The fourth-order valence-corrected chi connectivity index (χ4v) is 2.47. The van der Waals surface area contributed by atoms with E-state index in [0.29, 0.717) is 12.5 Å². The third kappa shape index (κ3) is 3.22. The summed E-state index contributed by atoms with van der Waals surface area (Å²) in [6.45, 7) is 6.55. The fraction of sp³-hybridized carbons (Fsp3) is 0.462. The summed E-state index contributed by atoms with van der Waals surface area (Å²) in [6.07, 6.45) is 0. The number of H-pyrrole nitrogens is 1. The Hall–Kier alpha value is -0.650. The van der Waals surface area contributed by atoms with Crippen LogP contribution in [0.5, 0.6) is 0 Å². The second-order valence-corrected chi connectivity index (χ2v) is 6.01. The van der Waals surface area contributed by atoms with Gasteiger partial charge in [-0.3, -0.25) is 0 Å². The molecule has 2 aromatic rings. The number of aromatic amines is 1. The predicted molar refractivity (Wildman–Crippen MR) is 80.5 cm³/mol. The van der Waals surface area contributed by atoms with E-state index in [1.54, 1.807) is 0 Å². The number of fused-ring (bicyclic) bond motifs is 1. The number of ether oxygens (including phenoxy) is 1. The van der Waals surface area contributed by atoms with Crippen LogP contribution in [0.2, 0.25) is 0 Å². The van der Waals surface area contributed by atoms with E-state index in [1.807, 2.05) is 12.1 Å². The van der Waals surface area contributed by atoms with Gasteiger partial charge in [-0.25, -0.2) is 0 Å². The number of imidazole rings is 1. The topological polar surface area (TPSA) is 29.9 Å². The van der Waals surface area contributed by atoms with Gasteiger partial charge in [0.15, 0.2) is 4.77 Å². The van der Waals surface area contributed by atoms with Crippen LogP contribution in [0.4, 0.5) is 0 Å². The molecule has 0 radical (unpaired) electrons. The number of hydrogen-bond donors (Lipinski definition) is 1. The summed E-state index contributed by atoms with van der Waals surface area (Å²) in [7, 11) is 0. The summed E-state index contributed by atoms with van der Waals surface area (Å²) in [5.41, 5.74) is 2.18. The van der Waals surface area contributed by atoms with E-state index in [9.17, 15) is 0 Å². The van der Waals surface area contributed by atoms with E-state index in [0.717, 1.165) is 33.4 Å². The molecule has 1 heterocycles. The van der Waals surface area contributed by atoms with E-state index in [-0.39, 0.29) is 0 Å². The number of rotatable bonds is 5. The molecule has 1 N–H and O–H groups in total. The van der Waals surface area contributed by atoms with Crippen molar-refractivity contribution in [1.82, 2.24) is 9.55 Å². The van der Waals surface area contributed by atoms with Crippen LogP contribution < -0.4 is 0 Å². The van der Waals surface area contributed by atoms with Gasteiger partial charge in [0, 0.05) is 17.6 Å². The van der Waals surface area contributed by atoms with Gasteiger partial charge in [0.05, 0.1) is 17.6 Å². The van der Waals surface area contributed by atoms with Gasteiger partial charge in [-0.2, -0.15) is 0 Å². The van der Waals surface area contributed by atoms with Gasteiger partial charge in [0.1, 0.15) is 0 Å². The highest BCUT2D eigenvalue weighted by molar-refractivity contribution is 9.10. The van der Waals surface area contributed by atoms with Crippen molar-refractivity contribution in [3.8, 4) is 0 Å². The maximum absolute atomic E-state index is 5.61. The van der Waals surface area contributed by atoms with Crippen LogP contribution in [-0.4, -0.2) is 22.8 Å². The average molecular weight is 329 g/mol. The number of halogens is 1. The molecule has 0 fully saturated rings. The van der Waals surface area contributed by atoms with E-state index in [2.05, 4.69) is 45.4 Å².